The van der Waals surface area contributed by atoms with Crippen molar-refractivity contribution >= 4 is 22.9 Å². The molecule has 0 fully saturated rings. The van der Waals surface area contributed by atoms with E-state index in [1.165, 1.54) is 0 Å². The first-order valence-electron chi connectivity index (χ1n) is 8.69. The van der Waals surface area contributed by atoms with Crippen LogP contribution in [0.3, 0.4) is 0 Å². The SMILES string of the molecule is COCc1cccc([S+]([O-])c2ccc(NC(=O)NCc3cccnc3)cc2)c1. The van der Waals surface area contributed by atoms with Crippen LogP contribution in [0.15, 0.2) is 82.8 Å². The summed E-state index contributed by atoms with van der Waals surface area (Å²) in [5.74, 6) is 0. The van der Waals surface area contributed by atoms with Gasteiger partial charge in [-0.15, -0.1) is 0 Å². The van der Waals surface area contributed by atoms with E-state index in [1.807, 2.05) is 36.4 Å². The highest BCUT2D eigenvalue weighted by molar-refractivity contribution is 7.91. The van der Waals surface area contributed by atoms with Gasteiger partial charge in [-0.2, -0.15) is 0 Å². The van der Waals surface area contributed by atoms with Crippen molar-refractivity contribution in [2.24, 2.45) is 0 Å². The predicted molar refractivity (Wildman–Crippen MR) is 108 cm³/mol. The molecule has 0 saturated carbocycles. The molecule has 28 heavy (non-hydrogen) atoms. The molecule has 0 aliphatic carbocycles. The van der Waals surface area contributed by atoms with Crippen molar-refractivity contribution in [2.75, 3.05) is 12.4 Å². The largest absolute Gasteiger partial charge is 0.606 e. The van der Waals surface area contributed by atoms with Crippen LogP contribution >= 0.6 is 0 Å². The highest BCUT2D eigenvalue weighted by Crippen LogP contribution is 2.23. The third kappa shape index (κ3) is 5.56. The molecular weight excluding hydrogens is 374 g/mol. The first-order valence-corrected chi connectivity index (χ1v) is 9.84. The summed E-state index contributed by atoms with van der Waals surface area (Å²) in [7, 11) is 1.63. The van der Waals surface area contributed by atoms with E-state index in [0.717, 1.165) is 11.1 Å². The molecule has 1 unspecified atom stereocenters. The Balaban J connectivity index is 1.58. The van der Waals surface area contributed by atoms with E-state index < -0.39 is 11.2 Å². The molecule has 3 aromatic rings. The first kappa shape index (κ1) is 19.9. The van der Waals surface area contributed by atoms with Crippen LogP contribution in [-0.2, 0) is 29.1 Å². The van der Waals surface area contributed by atoms with Gasteiger partial charge in [-0.3, -0.25) is 4.98 Å². The van der Waals surface area contributed by atoms with Crippen molar-refractivity contribution in [3.63, 3.8) is 0 Å². The molecule has 3 rings (SSSR count). The molecule has 6 nitrogen and oxygen atoms in total. The van der Waals surface area contributed by atoms with Gasteiger partial charge < -0.3 is 19.9 Å². The third-order valence-corrected chi connectivity index (χ3v) is 5.31. The number of carbonyl (C=O) groups excluding carboxylic acids is 1. The molecular formula is C21H21N3O3S. The molecule has 1 aromatic heterocycles. The topological polar surface area (TPSA) is 86.3 Å². The number of amides is 2. The van der Waals surface area contributed by atoms with E-state index in [9.17, 15) is 9.35 Å². The van der Waals surface area contributed by atoms with Crippen LogP contribution in [0.2, 0.25) is 0 Å². The van der Waals surface area contributed by atoms with Crippen LogP contribution in [0.25, 0.3) is 0 Å². The maximum Gasteiger partial charge on any atom is 0.319 e. The van der Waals surface area contributed by atoms with Gasteiger partial charge in [0.2, 0.25) is 0 Å². The van der Waals surface area contributed by atoms with Gasteiger partial charge in [-0.05, 0) is 53.6 Å². The number of hydrogen-bond donors (Lipinski definition) is 2. The average molecular weight is 395 g/mol. The number of carbonyl (C=O) groups is 1. The fourth-order valence-electron chi connectivity index (χ4n) is 2.58. The molecule has 7 heteroatoms. The molecule has 1 heterocycles. The van der Waals surface area contributed by atoms with Gasteiger partial charge >= 0.3 is 6.03 Å². The molecule has 0 radical (unpaired) electrons. The normalized spacial score (nSPS) is 11.6. The van der Waals surface area contributed by atoms with Crippen LogP contribution in [0.4, 0.5) is 10.5 Å². The van der Waals surface area contributed by atoms with Crippen molar-refractivity contribution in [2.45, 2.75) is 22.9 Å². The number of hydrogen-bond acceptors (Lipinski definition) is 4. The lowest BCUT2D eigenvalue weighted by molar-refractivity contribution is 0.184. The average Bonchev–Trinajstić information content (AvgIpc) is 2.73. The Morgan fingerprint density at radius 1 is 1.07 bits per heavy atom. The number of anilines is 1. The summed E-state index contributed by atoms with van der Waals surface area (Å²) >= 11 is -1.30. The second-order valence-corrected chi connectivity index (χ2v) is 7.52. The molecule has 2 amide bonds. The summed E-state index contributed by atoms with van der Waals surface area (Å²) in [5, 5.41) is 5.52. The molecule has 144 valence electrons. The van der Waals surface area contributed by atoms with E-state index in [2.05, 4.69) is 15.6 Å². The fourth-order valence-corrected chi connectivity index (χ4v) is 3.69. The summed E-state index contributed by atoms with van der Waals surface area (Å²) in [6.07, 6.45) is 3.38. The minimum absolute atomic E-state index is 0.315. The van der Waals surface area contributed by atoms with E-state index in [0.29, 0.717) is 28.6 Å². The van der Waals surface area contributed by atoms with Gasteiger partial charge in [-0.1, -0.05) is 18.2 Å². The standard InChI is InChI=1S/C21H21N3O3S/c1-27-15-16-4-2-6-20(12-16)28(26)19-9-7-18(8-10-19)24-21(25)23-14-17-5-3-11-22-13-17/h2-13H,14-15H2,1H3,(H2,23,24,25). The van der Waals surface area contributed by atoms with Crippen molar-refractivity contribution in [1.82, 2.24) is 10.3 Å². The van der Waals surface area contributed by atoms with E-state index in [4.69, 9.17) is 4.74 Å². The molecule has 0 saturated heterocycles. The molecule has 2 aromatic carbocycles. The van der Waals surface area contributed by atoms with E-state index in [1.54, 1.807) is 43.8 Å². The van der Waals surface area contributed by atoms with Crippen molar-refractivity contribution < 1.29 is 14.1 Å². The second-order valence-electron chi connectivity index (χ2n) is 6.04. The van der Waals surface area contributed by atoms with Crippen LogP contribution < -0.4 is 10.6 Å². The Kier molecular flexibility index (Phi) is 7.02. The second kappa shape index (κ2) is 9.89. The maximum absolute atomic E-state index is 12.8. The van der Waals surface area contributed by atoms with Crippen molar-refractivity contribution in [3.8, 4) is 0 Å². The zero-order chi connectivity index (χ0) is 19.8. The summed E-state index contributed by atoms with van der Waals surface area (Å²) in [6.45, 7) is 0.863. The fraction of sp³-hybridized carbons (Fsp3) is 0.143. The highest BCUT2D eigenvalue weighted by atomic mass is 32.2. The number of benzene rings is 2. The number of pyridine rings is 1. The Bertz CT molecular complexity index is 904. The number of aromatic nitrogens is 1. The molecule has 1 atom stereocenters. The zero-order valence-electron chi connectivity index (χ0n) is 15.4. The number of methoxy groups -OCH3 is 1. The zero-order valence-corrected chi connectivity index (χ0v) is 16.2. The van der Waals surface area contributed by atoms with Crippen LogP contribution in [0, 0.1) is 0 Å². The third-order valence-electron chi connectivity index (χ3n) is 3.93. The van der Waals surface area contributed by atoms with Crippen LogP contribution in [0.1, 0.15) is 11.1 Å². The molecule has 0 aliphatic rings. The van der Waals surface area contributed by atoms with Gasteiger partial charge in [0.1, 0.15) is 0 Å². The van der Waals surface area contributed by atoms with Crippen LogP contribution in [-0.4, -0.2) is 22.7 Å². The molecule has 2 N–H and O–H groups in total. The first-order chi connectivity index (χ1) is 13.7. The number of rotatable bonds is 7. The van der Waals surface area contributed by atoms with Gasteiger partial charge in [0.05, 0.1) is 6.61 Å². The van der Waals surface area contributed by atoms with Crippen LogP contribution in [0.5, 0.6) is 0 Å². The predicted octanol–water partition coefficient (Wildman–Crippen LogP) is 3.72. The minimum Gasteiger partial charge on any atom is -0.606 e. The summed E-state index contributed by atoms with van der Waals surface area (Å²) in [6, 6.07) is 17.8. The van der Waals surface area contributed by atoms with Gasteiger partial charge in [0.25, 0.3) is 0 Å². The van der Waals surface area contributed by atoms with Crippen molar-refractivity contribution in [1.29, 1.82) is 0 Å². The quantitative estimate of drug-likeness (QED) is 0.597. The summed E-state index contributed by atoms with van der Waals surface area (Å²) in [4.78, 5) is 17.4. The van der Waals surface area contributed by atoms with Gasteiger partial charge in [-0.25, -0.2) is 4.79 Å². The Morgan fingerprint density at radius 3 is 2.57 bits per heavy atom. The smallest absolute Gasteiger partial charge is 0.319 e. The van der Waals surface area contributed by atoms with Gasteiger partial charge in [0.15, 0.2) is 9.79 Å². The lowest BCUT2D eigenvalue weighted by Crippen LogP contribution is -2.28. The monoisotopic (exact) mass is 395 g/mol. The van der Waals surface area contributed by atoms with E-state index >= 15 is 0 Å². The number of urea groups is 1. The number of ether oxygens (including phenoxy) is 1. The molecule has 0 spiro atoms. The maximum atomic E-state index is 12.8. The van der Waals surface area contributed by atoms with Gasteiger partial charge in [0, 0.05) is 42.9 Å². The lowest BCUT2D eigenvalue weighted by Gasteiger charge is -2.12. The minimum atomic E-state index is -1.30. The molecule has 0 bridgehead atoms. The highest BCUT2D eigenvalue weighted by Gasteiger charge is 2.15. The summed E-state index contributed by atoms with van der Waals surface area (Å²) < 4.78 is 17.9. The molecule has 0 aliphatic heterocycles. The van der Waals surface area contributed by atoms with Crippen molar-refractivity contribution in [3.05, 3.63) is 84.2 Å². The Labute approximate surface area is 167 Å². The van der Waals surface area contributed by atoms with E-state index in [-0.39, 0.29) is 6.03 Å². The lowest BCUT2D eigenvalue weighted by atomic mass is 10.2. The Morgan fingerprint density at radius 2 is 1.86 bits per heavy atom. The number of nitrogens with zero attached hydrogens (tertiary/aromatic N) is 1. The Hall–Kier alpha value is -2.87. The number of nitrogens with one attached hydrogen (secondary N) is 2. The summed E-state index contributed by atoms with van der Waals surface area (Å²) in [5.41, 5.74) is 2.51.